The summed E-state index contributed by atoms with van der Waals surface area (Å²) >= 11 is 11.5. The molecule has 0 aromatic heterocycles. The number of nitro benzene ring substituents is 1. The number of rotatable bonds is 3. The van der Waals surface area contributed by atoms with Gasteiger partial charge in [0.05, 0.1) is 4.92 Å². The monoisotopic (exact) mass is 310 g/mol. The van der Waals surface area contributed by atoms with E-state index in [2.05, 4.69) is 5.32 Å². The number of hydrogen-bond acceptors (Lipinski definition) is 3. The van der Waals surface area contributed by atoms with Crippen molar-refractivity contribution in [1.29, 1.82) is 0 Å². The zero-order valence-electron chi connectivity index (χ0n) is 9.97. The number of benzene rings is 2. The second-order valence-corrected chi connectivity index (χ2v) is 4.70. The van der Waals surface area contributed by atoms with Crippen LogP contribution in [0.5, 0.6) is 0 Å². The van der Waals surface area contributed by atoms with Gasteiger partial charge in [0.25, 0.3) is 5.91 Å². The Morgan fingerprint density at radius 2 is 1.75 bits per heavy atom. The van der Waals surface area contributed by atoms with Crippen molar-refractivity contribution in [2.24, 2.45) is 0 Å². The molecule has 7 heteroatoms. The van der Waals surface area contributed by atoms with Gasteiger partial charge in [0.15, 0.2) is 0 Å². The lowest BCUT2D eigenvalue weighted by Gasteiger charge is -2.07. The highest BCUT2D eigenvalue weighted by molar-refractivity contribution is 6.33. The number of nitrogens with one attached hydrogen (secondary N) is 1. The van der Waals surface area contributed by atoms with Crippen LogP contribution >= 0.6 is 23.2 Å². The molecule has 0 aliphatic heterocycles. The van der Waals surface area contributed by atoms with Crippen LogP contribution < -0.4 is 5.32 Å². The first-order valence-corrected chi connectivity index (χ1v) is 6.24. The van der Waals surface area contributed by atoms with E-state index in [-0.39, 0.29) is 16.4 Å². The first-order valence-electron chi connectivity index (χ1n) is 5.49. The molecule has 0 radical (unpaired) electrons. The van der Waals surface area contributed by atoms with Gasteiger partial charge >= 0.3 is 5.69 Å². The molecule has 0 heterocycles. The largest absolute Gasteiger partial charge is 0.316 e. The number of halogens is 2. The minimum Gasteiger partial charge on any atom is -0.316 e. The SMILES string of the molecule is O=C(Nc1cccc(Cl)c1[N+](=O)[O-])c1ccc(Cl)cc1. The molecular formula is C13H8Cl2N2O3. The maximum Gasteiger partial charge on any atom is 0.311 e. The van der Waals surface area contributed by atoms with Crippen LogP contribution in [-0.2, 0) is 0 Å². The fourth-order valence-corrected chi connectivity index (χ4v) is 1.97. The van der Waals surface area contributed by atoms with E-state index in [1.54, 1.807) is 12.1 Å². The third kappa shape index (κ3) is 3.07. The number of nitrogens with zero attached hydrogens (tertiary/aromatic N) is 1. The van der Waals surface area contributed by atoms with E-state index in [1.807, 2.05) is 0 Å². The molecule has 5 nitrogen and oxygen atoms in total. The smallest absolute Gasteiger partial charge is 0.311 e. The summed E-state index contributed by atoms with van der Waals surface area (Å²) in [5, 5.41) is 13.9. The Labute approximate surface area is 124 Å². The molecule has 0 aliphatic carbocycles. The van der Waals surface area contributed by atoms with E-state index in [4.69, 9.17) is 23.2 Å². The zero-order chi connectivity index (χ0) is 14.7. The van der Waals surface area contributed by atoms with E-state index in [1.165, 1.54) is 30.3 Å². The third-order valence-electron chi connectivity index (χ3n) is 2.52. The molecule has 0 aliphatic rings. The molecule has 0 saturated heterocycles. The maximum absolute atomic E-state index is 12.0. The molecule has 2 rings (SSSR count). The Morgan fingerprint density at radius 3 is 2.35 bits per heavy atom. The second kappa shape index (κ2) is 5.90. The Morgan fingerprint density at radius 1 is 1.10 bits per heavy atom. The first kappa shape index (κ1) is 14.3. The number of carbonyl (C=O) groups excluding carboxylic acids is 1. The van der Waals surface area contributed by atoms with Crippen molar-refractivity contribution >= 4 is 40.5 Å². The summed E-state index contributed by atoms with van der Waals surface area (Å²) in [4.78, 5) is 22.3. The fraction of sp³-hybridized carbons (Fsp3) is 0. The van der Waals surface area contributed by atoms with Crippen LogP contribution in [0, 0.1) is 10.1 Å². The van der Waals surface area contributed by atoms with Gasteiger partial charge in [-0.1, -0.05) is 29.3 Å². The van der Waals surface area contributed by atoms with Crippen molar-refractivity contribution in [2.45, 2.75) is 0 Å². The molecular weight excluding hydrogens is 303 g/mol. The summed E-state index contributed by atoms with van der Waals surface area (Å²) in [6, 6.07) is 10.5. The predicted octanol–water partition coefficient (Wildman–Crippen LogP) is 4.15. The molecule has 0 fully saturated rings. The number of anilines is 1. The summed E-state index contributed by atoms with van der Waals surface area (Å²) < 4.78 is 0. The average molecular weight is 311 g/mol. The molecule has 0 unspecified atom stereocenters. The molecule has 1 amide bonds. The average Bonchev–Trinajstić information content (AvgIpc) is 2.39. The second-order valence-electron chi connectivity index (χ2n) is 3.85. The van der Waals surface area contributed by atoms with Crippen molar-refractivity contribution in [3.05, 3.63) is 68.2 Å². The van der Waals surface area contributed by atoms with Crippen LogP contribution in [0.15, 0.2) is 42.5 Å². The van der Waals surface area contributed by atoms with Gasteiger partial charge in [0.1, 0.15) is 10.7 Å². The molecule has 102 valence electrons. The van der Waals surface area contributed by atoms with Crippen LogP contribution in [0.1, 0.15) is 10.4 Å². The molecule has 20 heavy (non-hydrogen) atoms. The van der Waals surface area contributed by atoms with Crippen LogP contribution in [0.2, 0.25) is 10.0 Å². The Hall–Kier alpha value is -2.11. The quantitative estimate of drug-likeness (QED) is 0.683. The van der Waals surface area contributed by atoms with E-state index < -0.39 is 10.8 Å². The van der Waals surface area contributed by atoms with Crippen LogP contribution in [0.4, 0.5) is 11.4 Å². The highest BCUT2D eigenvalue weighted by Gasteiger charge is 2.20. The number of hydrogen-bond donors (Lipinski definition) is 1. The minimum atomic E-state index is -0.639. The summed E-state index contributed by atoms with van der Waals surface area (Å²) in [6.07, 6.45) is 0. The van der Waals surface area contributed by atoms with Gasteiger partial charge in [-0.15, -0.1) is 0 Å². The number of amides is 1. The first-order chi connectivity index (χ1) is 9.49. The number of nitro groups is 1. The van der Waals surface area contributed by atoms with Crippen molar-refractivity contribution < 1.29 is 9.72 Å². The molecule has 0 atom stereocenters. The van der Waals surface area contributed by atoms with Crippen LogP contribution in [0.3, 0.4) is 0 Å². The third-order valence-corrected chi connectivity index (χ3v) is 3.08. The lowest BCUT2D eigenvalue weighted by atomic mass is 10.2. The number of para-hydroxylation sites is 1. The van der Waals surface area contributed by atoms with Crippen LogP contribution in [-0.4, -0.2) is 10.8 Å². The maximum atomic E-state index is 12.0. The van der Waals surface area contributed by atoms with Gasteiger partial charge in [0, 0.05) is 10.6 Å². The van der Waals surface area contributed by atoms with Crippen molar-refractivity contribution in [3.8, 4) is 0 Å². The predicted molar refractivity (Wildman–Crippen MR) is 77.5 cm³/mol. The van der Waals surface area contributed by atoms with Gasteiger partial charge < -0.3 is 5.32 Å². The van der Waals surface area contributed by atoms with Crippen molar-refractivity contribution in [3.63, 3.8) is 0 Å². The fourth-order valence-electron chi connectivity index (χ4n) is 1.60. The zero-order valence-corrected chi connectivity index (χ0v) is 11.5. The number of carbonyl (C=O) groups is 1. The Bertz CT molecular complexity index is 672. The van der Waals surface area contributed by atoms with Gasteiger partial charge in [-0.05, 0) is 36.4 Å². The van der Waals surface area contributed by atoms with E-state index >= 15 is 0 Å². The summed E-state index contributed by atoms with van der Waals surface area (Å²) in [5.74, 6) is -0.480. The normalized spacial score (nSPS) is 10.1. The van der Waals surface area contributed by atoms with E-state index in [9.17, 15) is 14.9 Å². The lowest BCUT2D eigenvalue weighted by Crippen LogP contribution is -2.13. The lowest BCUT2D eigenvalue weighted by molar-refractivity contribution is -0.383. The Kier molecular flexibility index (Phi) is 4.22. The summed E-state index contributed by atoms with van der Waals surface area (Å²) in [6.45, 7) is 0. The summed E-state index contributed by atoms with van der Waals surface area (Å²) in [7, 11) is 0. The van der Waals surface area contributed by atoms with Gasteiger partial charge in [-0.25, -0.2) is 0 Å². The van der Waals surface area contributed by atoms with E-state index in [0.717, 1.165) is 0 Å². The highest BCUT2D eigenvalue weighted by Crippen LogP contribution is 2.32. The van der Waals surface area contributed by atoms with E-state index in [0.29, 0.717) is 10.6 Å². The van der Waals surface area contributed by atoms with Crippen LogP contribution in [0.25, 0.3) is 0 Å². The Balaban J connectivity index is 2.30. The topological polar surface area (TPSA) is 72.2 Å². The molecule has 1 N–H and O–H groups in total. The highest BCUT2D eigenvalue weighted by atomic mass is 35.5. The summed E-state index contributed by atoms with van der Waals surface area (Å²) in [5.41, 5.74) is 0.0441. The van der Waals surface area contributed by atoms with Gasteiger partial charge in [0.2, 0.25) is 0 Å². The molecule has 2 aromatic rings. The standard InChI is InChI=1S/C13H8Cl2N2O3/c14-9-6-4-8(5-7-9)13(18)16-11-3-1-2-10(15)12(11)17(19)20/h1-7H,(H,16,18). The molecule has 0 saturated carbocycles. The van der Waals surface area contributed by atoms with Crippen molar-refractivity contribution in [1.82, 2.24) is 0 Å². The minimum absolute atomic E-state index is 0.0380. The van der Waals surface area contributed by atoms with Gasteiger partial charge in [-0.2, -0.15) is 0 Å². The molecule has 0 spiro atoms. The molecule has 0 bridgehead atoms. The van der Waals surface area contributed by atoms with Crippen molar-refractivity contribution in [2.75, 3.05) is 5.32 Å². The molecule has 2 aromatic carbocycles. The van der Waals surface area contributed by atoms with Gasteiger partial charge in [-0.3, -0.25) is 14.9 Å².